The van der Waals surface area contributed by atoms with Gasteiger partial charge in [-0.2, -0.15) is 0 Å². The van der Waals surface area contributed by atoms with Crippen LogP contribution in [0.15, 0.2) is 15.9 Å². The van der Waals surface area contributed by atoms with Crippen molar-refractivity contribution in [2.24, 2.45) is 5.73 Å². The van der Waals surface area contributed by atoms with Crippen molar-refractivity contribution in [2.75, 3.05) is 39.8 Å². The number of rotatable bonds is 6. The molecule has 18 heavy (non-hydrogen) atoms. The molecule has 1 atom stereocenters. The number of likely N-dealkylation sites (tertiary alicyclic amines) is 1. The number of likely N-dealkylation sites (N-methyl/N-ethyl adjacent to an activating group) is 1. The van der Waals surface area contributed by atoms with Crippen LogP contribution in [0.2, 0.25) is 0 Å². The van der Waals surface area contributed by atoms with Gasteiger partial charge in [0, 0.05) is 24.5 Å². The zero-order valence-electron chi connectivity index (χ0n) is 10.9. The van der Waals surface area contributed by atoms with Crippen LogP contribution in [-0.4, -0.2) is 49.6 Å². The molecule has 1 aliphatic rings. The SMILES string of the molecule is CN(CCN1CCCC1)C(CN)c1ccc(Br)s1. The molecule has 0 aromatic carbocycles. The van der Waals surface area contributed by atoms with Crippen molar-refractivity contribution in [2.45, 2.75) is 18.9 Å². The van der Waals surface area contributed by atoms with Crippen molar-refractivity contribution in [3.8, 4) is 0 Å². The van der Waals surface area contributed by atoms with Crippen LogP contribution in [0, 0.1) is 0 Å². The van der Waals surface area contributed by atoms with Crippen LogP contribution in [0.25, 0.3) is 0 Å². The predicted molar refractivity (Wildman–Crippen MR) is 82.1 cm³/mol. The molecule has 1 unspecified atom stereocenters. The van der Waals surface area contributed by atoms with Crippen molar-refractivity contribution in [3.05, 3.63) is 20.8 Å². The highest BCUT2D eigenvalue weighted by molar-refractivity contribution is 9.11. The molecule has 0 radical (unpaired) electrons. The average molecular weight is 332 g/mol. The van der Waals surface area contributed by atoms with Crippen molar-refractivity contribution < 1.29 is 0 Å². The van der Waals surface area contributed by atoms with E-state index in [0.29, 0.717) is 12.6 Å². The first-order valence-corrected chi connectivity index (χ1v) is 8.19. The number of halogens is 1. The maximum absolute atomic E-state index is 5.93. The first-order valence-electron chi connectivity index (χ1n) is 6.58. The first-order chi connectivity index (χ1) is 8.70. The molecule has 1 aromatic rings. The molecule has 0 amide bonds. The van der Waals surface area contributed by atoms with Gasteiger partial charge in [0.15, 0.2) is 0 Å². The predicted octanol–water partition coefficient (Wildman–Crippen LogP) is 2.54. The summed E-state index contributed by atoms with van der Waals surface area (Å²) in [4.78, 5) is 6.29. The Hall–Kier alpha value is 0.0600. The van der Waals surface area contributed by atoms with E-state index >= 15 is 0 Å². The Morgan fingerprint density at radius 2 is 2.17 bits per heavy atom. The van der Waals surface area contributed by atoms with Crippen LogP contribution in [0.5, 0.6) is 0 Å². The summed E-state index contributed by atoms with van der Waals surface area (Å²) in [5, 5.41) is 0. The summed E-state index contributed by atoms with van der Waals surface area (Å²) >= 11 is 5.31. The van der Waals surface area contributed by atoms with Crippen molar-refractivity contribution >= 4 is 27.3 Å². The highest BCUT2D eigenvalue weighted by atomic mass is 79.9. The minimum absolute atomic E-state index is 0.351. The Bertz CT molecular complexity index is 363. The molecule has 102 valence electrons. The summed E-state index contributed by atoms with van der Waals surface area (Å²) in [6.07, 6.45) is 2.73. The van der Waals surface area contributed by atoms with Crippen LogP contribution < -0.4 is 5.73 Å². The third-order valence-corrected chi connectivity index (χ3v) is 5.37. The smallest absolute Gasteiger partial charge is 0.0702 e. The summed E-state index contributed by atoms with van der Waals surface area (Å²) in [5.41, 5.74) is 5.93. The molecule has 0 spiro atoms. The summed E-state index contributed by atoms with van der Waals surface area (Å²) in [6.45, 7) is 5.48. The van der Waals surface area contributed by atoms with E-state index in [0.717, 1.165) is 6.54 Å². The Balaban J connectivity index is 1.86. The highest BCUT2D eigenvalue weighted by Crippen LogP contribution is 2.29. The Morgan fingerprint density at radius 1 is 1.44 bits per heavy atom. The highest BCUT2D eigenvalue weighted by Gasteiger charge is 2.19. The third kappa shape index (κ3) is 3.78. The van der Waals surface area contributed by atoms with E-state index in [1.54, 1.807) is 11.3 Å². The number of nitrogens with two attached hydrogens (primary N) is 1. The lowest BCUT2D eigenvalue weighted by molar-refractivity contribution is 0.212. The molecule has 3 nitrogen and oxygen atoms in total. The molecule has 1 aliphatic heterocycles. The van der Waals surface area contributed by atoms with Gasteiger partial charge in [-0.05, 0) is 61.0 Å². The molecule has 0 aliphatic carbocycles. The fourth-order valence-electron chi connectivity index (χ4n) is 2.48. The van der Waals surface area contributed by atoms with Gasteiger partial charge in [0.25, 0.3) is 0 Å². The minimum atomic E-state index is 0.351. The van der Waals surface area contributed by atoms with Gasteiger partial charge >= 0.3 is 0 Å². The van der Waals surface area contributed by atoms with Crippen molar-refractivity contribution in [3.63, 3.8) is 0 Å². The second-order valence-electron chi connectivity index (χ2n) is 4.92. The van der Waals surface area contributed by atoms with E-state index < -0.39 is 0 Å². The van der Waals surface area contributed by atoms with Crippen LogP contribution in [0.4, 0.5) is 0 Å². The second-order valence-corrected chi connectivity index (χ2v) is 7.42. The Morgan fingerprint density at radius 3 is 2.72 bits per heavy atom. The van der Waals surface area contributed by atoms with E-state index in [9.17, 15) is 0 Å². The molecule has 2 heterocycles. The molecule has 2 N–H and O–H groups in total. The molecule has 5 heteroatoms. The van der Waals surface area contributed by atoms with Crippen LogP contribution in [0.1, 0.15) is 23.8 Å². The summed E-state index contributed by atoms with van der Waals surface area (Å²) in [7, 11) is 2.18. The molecule has 0 saturated carbocycles. The van der Waals surface area contributed by atoms with Crippen molar-refractivity contribution in [1.29, 1.82) is 0 Å². The molecular weight excluding hydrogens is 310 g/mol. The van der Waals surface area contributed by atoms with Gasteiger partial charge in [0.2, 0.25) is 0 Å². The van der Waals surface area contributed by atoms with Gasteiger partial charge in [-0.25, -0.2) is 0 Å². The van der Waals surface area contributed by atoms with E-state index in [1.807, 2.05) is 0 Å². The minimum Gasteiger partial charge on any atom is -0.329 e. The zero-order chi connectivity index (χ0) is 13.0. The Labute approximate surface area is 122 Å². The van der Waals surface area contributed by atoms with Crippen LogP contribution in [-0.2, 0) is 0 Å². The maximum Gasteiger partial charge on any atom is 0.0702 e. The van der Waals surface area contributed by atoms with Crippen LogP contribution in [0.3, 0.4) is 0 Å². The number of nitrogens with zero attached hydrogens (tertiary/aromatic N) is 2. The third-order valence-electron chi connectivity index (χ3n) is 3.65. The van der Waals surface area contributed by atoms with E-state index in [4.69, 9.17) is 5.73 Å². The lowest BCUT2D eigenvalue weighted by Gasteiger charge is -2.28. The van der Waals surface area contributed by atoms with Gasteiger partial charge in [-0.3, -0.25) is 4.90 Å². The summed E-state index contributed by atoms with van der Waals surface area (Å²) in [6, 6.07) is 4.64. The molecule has 1 fully saturated rings. The fourth-order valence-corrected chi connectivity index (χ4v) is 4.08. The molecular formula is C13H22BrN3S. The maximum atomic E-state index is 5.93. The quantitative estimate of drug-likeness (QED) is 0.869. The Kier molecular flexibility index (Phi) is 5.63. The number of hydrogen-bond acceptors (Lipinski definition) is 4. The van der Waals surface area contributed by atoms with Gasteiger partial charge in [-0.15, -0.1) is 11.3 Å². The monoisotopic (exact) mass is 331 g/mol. The lowest BCUT2D eigenvalue weighted by Crippen LogP contribution is -2.36. The molecule has 1 aromatic heterocycles. The van der Waals surface area contributed by atoms with Gasteiger partial charge in [0.1, 0.15) is 0 Å². The fraction of sp³-hybridized carbons (Fsp3) is 0.692. The topological polar surface area (TPSA) is 32.5 Å². The van der Waals surface area contributed by atoms with Crippen LogP contribution >= 0.6 is 27.3 Å². The van der Waals surface area contributed by atoms with E-state index in [2.05, 4.69) is 44.9 Å². The van der Waals surface area contributed by atoms with Crippen molar-refractivity contribution in [1.82, 2.24) is 9.80 Å². The lowest BCUT2D eigenvalue weighted by atomic mass is 10.2. The zero-order valence-corrected chi connectivity index (χ0v) is 13.3. The number of hydrogen-bond donors (Lipinski definition) is 1. The van der Waals surface area contributed by atoms with Gasteiger partial charge in [0.05, 0.1) is 9.83 Å². The average Bonchev–Trinajstić information content (AvgIpc) is 2.99. The normalized spacial score (nSPS) is 18.7. The van der Waals surface area contributed by atoms with E-state index in [1.165, 1.54) is 41.1 Å². The standard InChI is InChI=1S/C13H22BrN3S/c1-16(8-9-17-6-2-3-7-17)11(10-15)12-4-5-13(14)18-12/h4-5,11H,2-3,6-10,15H2,1H3. The first kappa shape index (κ1) is 14.5. The molecule has 2 rings (SSSR count). The molecule has 1 saturated heterocycles. The van der Waals surface area contributed by atoms with Gasteiger partial charge < -0.3 is 10.6 Å². The molecule has 0 bridgehead atoms. The van der Waals surface area contributed by atoms with Gasteiger partial charge in [-0.1, -0.05) is 0 Å². The second kappa shape index (κ2) is 7.01. The largest absolute Gasteiger partial charge is 0.329 e. The summed E-state index contributed by atoms with van der Waals surface area (Å²) < 4.78 is 1.18. The summed E-state index contributed by atoms with van der Waals surface area (Å²) in [5.74, 6) is 0. The number of thiophene rings is 1. The van der Waals surface area contributed by atoms with E-state index in [-0.39, 0.29) is 0 Å².